The van der Waals surface area contributed by atoms with Gasteiger partial charge in [-0.3, -0.25) is 4.90 Å². The third-order valence-electron chi connectivity index (χ3n) is 6.56. The number of para-hydroxylation sites is 1. The van der Waals surface area contributed by atoms with Gasteiger partial charge >= 0.3 is 6.01 Å². The minimum atomic E-state index is 0.293. The first-order valence-electron chi connectivity index (χ1n) is 12.8. The molecule has 1 saturated heterocycles. The normalized spacial score (nSPS) is 14.8. The number of rotatable bonds is 10. The molecule has 2 aromatic heterocycles. The summed E-state index contributed by atoms with van der Waals surface area (Å²) in [6.07, 6.45) is 6.91. The molecule has 1 aliphatic rings. The number of fused-ring (bicyclic) bond motifs is 1. The summed E-state index contributed by atoms with van der Waals surface area (Å²) < 4.78 is 13.6. The van der Waals surface area contributed by atoms with Crippen LogP contribution in [0.1, 0.15) is 49.4 Å². The zero-order valence-corrected chi connectivity index (χ0v) is 20.8. The Kier molecular flexibility index (Phi) is 7.61. The van der Waals surface area contributed by atoms with Crippen molar-refractivity contribution in [3.05, 3.63) is 77.6 Å². The molecule has 5 rings (SSSR count). The number of nitrogen functional groups attached to an aromatic ring is 1. The quantitative estimate of drug-likeness (QED) is 0.330. The Morgan fingerprint density at radius 1 is 1.00 bits per heavy atom. The lowest BCUT2D eigenvalue weighted by Crippen LogP contribution is -2.37. The fourth-order valence-corrected chi connectivity index (χ4v) is 4.52. The third kappa shape index (κ3) is 5.94. The van der Waals surface area contributed by atoms with Crippen LogP contribution in [-0.2, 0) is 13.0 Å². The smallest absolute Gasteiger partial charge is 0.336 e. The number of ether oxygens (including phenoxy) is 2. The summed E-state index contributed by atoms with van der Waals surface area (Å²) in [4.78, 5) is 11.2. The molecule has 188 valence electrons. The van der Waals surface area contributed by atoms with E-state index in [9.17, 15) is 0 Å². The molecule has 0 amide bonds. The first-order valence-corrected chi connectivity index (χ1v) is 12.8. The van der Waals surface area contributed by atoms with Gasteiger partial charge in [-0.15, -0.1) is 5.10 Å². The summed E-state index contributed by atoms with van der Waals surface area (Å²) in [6, 6.07) is 19.2. The summed E-state index contributed by atoms with van der Waals surface area (Å²) in [5.41, 5.74) is 10.1. The summed E-state index contributed by atoms with van der Waals surface area (Å²) >= 11 is 0. The molecule has 4 aromatic rings. The molecule has 0 unspecified atom stereocenters. The largest absolute Gasteiger partial charge is 0.490 e. The molecule has 3 heterocycles. The van der Waals surface area contributed by atoms with E-state index in [-0.39, 0.29) is 0 Å². The zero-order valence-electron chi connectivity index (χ0n) is 20.8. The van der Waals surface area contributed by atoms with Crippen LogP contribution in [0.5, 0.6) is 11.8 Å². The van der Waals surface area contributed by atoms with E-state index in [2.05, 4.69) is 51.2 Å². The number of hydrogen-bond acceptors (Lipinski definition) is 7. The summed E-state index contributed by atoms with van der Waals surface area (Å²) in [7, 11) is 0. The van der Waals surface area contributed by atoms with Crippen molar-refractivity contribution >= 4 is 11.5 Å². The maximum Gasteiger partial charge on any atom is 0.336 e. The molecule has 0 saturated carbocycles. The maximum absolute atomic E-state index is 6.13. The lowest BCUT2D eigenvalue weighted by molar-refractivity contribution is 0.0968. The van der Waals surface area contributed by atoms with E-state index in [1.807, 2.05) is 36.5 Å². The Balaban J connectivity index is 1.16. The molecule has 0 aliphatic carbocycles. The maximum atomic E-state index is 6.13. The molecule has 2 N–H and O–H groups in total. The Morgan fingerprint density at radius 2 is 1.75 bits per heavy atom. The molecular weight excluding hydrogens is 452 g/mol. The van der Waals surface area contributed by atoms with Crippen LogP contribution in [0.4, 0.5) is 5.82 Å². The van der Waals surface area contributed by atoms with Crippen LogP contribution in [0.3, 0.4) is 0 Å². The molecule has 0 bridgehead atoms. The number of piperidine rings is 1. The number of nitrogens with two attached hydrogens (primary N) is 1. The van der Waals surface area contributed by atoms with Gasteiger partial charge in [-0.2, -0.15) is 4.98 Å². The molecule has 8 nitrogen and oxygen atoms in total. The Morgan fingerprint density at radius 3 is 2.50 bits per heavy atom. The SMILES string of the molecule is CCCCOc1nc(N)c2ncc(Cc3ccc(CN4CCC(Oc5ccccc5)CC4)cc3)n2n1. The zero-order chi connectivity index (χ0) is 24.7. The Labute approximate surface area is 212 Å². The summed E-state index contributed by atoms with van der Waals surface area (Å²) in [5, 5.41) is 4.52. The molecule has 8 heteroatoms. The average Bonchev–Trinajstić information content (AvgIpc) is 3.30. The number of anilines is 1. The highest BCUT2D eigenvalue weighted by molar-refractivity contribution is 5.59. The standard InChI is InChI=1S/C28H34N6O2/c1-2-3-17-35-28-31-26(29)27-30-19-23(34(27)32-28)18-21-9-11-22(12-10-21)20-33-15-13-25(14-16-33)36-24-7-5-4-6-8-24/h4-12,19,25H,2-3,13-18,20H2,1H3,(H2,29,31,32). The minimum Gasteiger partial charge on any atom is -0.490 e. The van der Waals surface area contributed by atoms with Gasteiger partial charge in [0, 0.05) is 26.1 Å². The second-order valence-corrected chi connectivity index (χ2v) is 9.37. The first-order chi connectivity index (χ1) is 17.7. The number of nitrogens with zero attached hydrogens (tertiary/aromatic N) is 5. The minimum absolute atomic E-state index is 0.293. The van der Waals surface area contributed by atoms with E-state index in [1.165, 1.54) is 11.1 Å². The van der Waals surface area contributed by atoms with Gasteiger partial charge < -0.3 is 15.2 Å². The van der Waals surface area contributed by atoms with Crippen molar-refractivity contribution < 1.29 is 9.47 Å². The molecule has 0 spiro atoms. The van der Waals surface area contributed by atoms with Gasteiger partial charge in [0.15, 0.2) is 11.5 Å². The number of likely N-dealkylation sites (tertiary alicyclic amines) is 1. The van der Waals surface area contributed by atoms with Crippen LogP contribution < -0.4 is 15.2 Å². The molecule has 1 fully saturated rings. The predicted molar refractivity (Wildman–Crippen MR) is 140 cm³/mol. The van der Waals surface area contributed by atoms with Crippen LogP contribution in [0.25, 0.3) is 5.65 Å². The van der Waals surface area contributed by atoms with Gasteiger partial charge in [-0.05, 0) is 42.5 Å². The van der Waals surface area contributed by atoms with E-state index in [0.29, 0.717) is 36.6 Å². The van der Waals surface area contributed by atoms with Crippen LogP contribution in [0.15, 0.2) is 60.8 Å². The Hall–Kier alpha value is -3.65. The molecule has 0 atom stereocenters. The third-order valence-corrected chi connectivity index (χ3v) is 6.56. The molecule has 0 radical (unpaired) electrons. The van der Waals surface area contributed by atoms with Crippen molar-refractivity contribution in [2.75, 3.05) is 25.4 Å². The summed E-state index contributed by atoms with van der Waals surface area (Å²) in [5.74, 6) is 1.29. The number of unbranched alkanes of at least 4 members (excludes halogenated alkanes) is 1. The van der Waals surface area contributed by atoms with Gasteiger partial charge in [-0.1, -0.05) is 55.8 Å². The predicted octanol–water partition coefficient (Wildman–Crippen LogP) is 4.52. The van der Waals surface area contributed by atoms with E-state index in [4.69, 9.17) is 15.2 Å². The second kappa shape index (κ2) is 11.4. The van der Waals surface area contributed by atoms with Crippen LogP contribution in [0.2, 0.25) is 0 Å². The van der Waals surface area contributed by atoms with Gasteiger partial charge in [0.25, 0.3) is 0 Å². The van der Waals surface area contributed by atoms with Crippen molar-refractivity contribution in [2.45, 2.75) is 51.7 Å². The molecule has 2 aromatic carbocycles. The monoisotopic (exact) mass is 486 g/mol. The highest BCUT2D eigenvalue weighted by Gasteiger charge is 2.20. The van der Waals surface area contributed by atoms with Crippen molar-refractivity contribution in [3.63, 3.8) is 0 Å². The van der Waals surface area contributed by atoms with Crippen LogP contribution >= 0.6 is 0 Å². The van der Waals surface area contributed by atoms with Crippen molar-refractivity contribution in [2.24, 2.45) is 0 Å². The van der Waals surface area contributed by atoms with E-state index in [1.54, 1.807) is 4.52 Å². The van der Waals surface area contributed by atoms with Gasteiger partial charge in [0.05, 0.1) is 18.5 Å². The number of benzene rings is 2. The average molecular weight is 487 g/mol. The molecular formula is C28H34N6O2. The van der Waals surface area contributed by atoms with Crippen molar-refractivity contribution in [1.29, 1.82) is 0 Å². The highest BCUT2D eigenvalue weighted by Crippen LogP contribution is 2.21. The van der Waals surface area contributed by atoms with Crippen molar-refractivity contribution in [3.8, 4) is 11.8 Å². The van der Waals surface area contributed by atoms with E-state index >= 15 is 0 Å². The van der Waals surface area contributed by atoms with Gasteiger partial charge in [-0.25, -0.2) is 9.50 Å². The molecule has 36 heavy (non-hydrogen) atoms. The van der Waals surface area contributed by atoms with Crippen LogP contribution in [0, 0.1) is 0 Å². The van der Waals surface area contributed by atoms with Crippen LogP contribution in [-0.4, -0.2) is 50.3 Å². The molecule has 1 aliphatic heterocycles. The van der Waals surface area contributed by atoms with Gasteiger partial charge in [0.1, 0.15) is 11.9 Å². The van der Waals surface area contributed by atoms with Gasteiger partial charge in [0.2, 0.25) is 0 Å². The lowest BCUT2D eigenvalue weighted by atomic mass is 10.0. The topological polar surface area (TPSA) is 90.8 Å². The summed E-state index contributed by atoms with van der Waals surface area (Å²) in [6.45, 7) is 5.74. The number of aromatic nitrogens is 4. The highest BCUT2D eigenvalue weighted by atomic mass is 16.5. The fourth-order valence-electron chi connectivity index (χ4n) is 4.52. The van der Waals surface area contributed by atoms with E-state index < -0.39 is 0 Å². The Bertz CT molecular complexity index is 1250. The lowest BCUT2D eigenvalue weighted by Gasteiger charge is -2.32. The first kappa shape index (κ1) is 24.1. The second-order valence-electron chi connectivity index (χ2n) is 9.37. The van der Waals surface area contributed by atoms with Crippen molar-refractivity contribution in [1.82, 2.24) is 24.5 Å². The fraction of sp³-hybridized carbons (Fsp3) is 0.393. The number of imidazole rings is 1. The number of hydrogen-bond donors (Lipinski definition) is 1. The van der Waals surface area contributed by atoms with E-state index in [0.717, 1.165) is 56.8 Å².